The zero-order valence-electron chi connectivity index (χ0n) is 17.8. The summed E-state index contributed by atoms with van der Waals surface area (Å²) < 4.78 is 10.7. The van der Waals surface area contributed by atoms with Crippen LogP contribution in [-0.2, 0) is 16.1 Å². The summed E-state index contributed by atoms with van der Waals surface area (Å²) in [6.07, 6.45) is 16.0. The van der Waals surface area contributed by atoms with Crippen molar-refractivity contribution in [2.75, 3.05) is 13.2 Å². The lowest BCUT2D eigenvalue weighted by molar-refractivity contribution is -0.137. The summed E-state index contributed by atoms with van der Waals surface area (Å²) in [5.41, 5.74) is 1.57. The van der Waals surface area contributed by atoms with Crippen molar-refractivity contribution in [2.24, 2.45) is 0 Å². The Hall–Kier alpha value is -1.81. The van der Waals surface area contributed by atoms with Crippen molar-refractivity contribution in [3.63, 3.8) is 0 Å². The van der Waals surface area contributed by atoms with Gasteiger partial charge in [0.2, 0.25) is 0 Å². The van der Waals surface area contributed by atoms with E-state index in [4.69, 9.17) is 9.47 Å². The maximum atomic E-state index is 11.4. The fourth-order valence-corrected chi connectivity index (χ4v) is 3.09. The Bertz CT molecular complexity index is 566. The number of unbranched alkanes of at least 4 members (excludes halogenated alkanes) is 9. The van der Waals surface area contributed by atoms with Crippen LogP contribution < -0.4 is 4.74 Å². The molecule has 0 aliphatic rings. The van der Waals surface area contributed by atoms with Crippen LogP contribution in [0.4, 0.5) is 0 Å². The molecule has 0 saturated heterocycles. The molecule has 0 atom stereocenters. The minimum Gasteiger partial charge on any atom is -0.493 e. The van der Waals surface area contributed by atoms with Gasteiger partial charge in [-0.2, -0.15) is 0 Å². The zero-order valence-corrected chi connectivity index (χ0v) is 17.8. The van der Waals surface area contributed by atoms with E-state index in [-0.39, 0.29) is 12.6 Å². The van der Waals surface area contributed by atoms with Crippen molar-refractivity contribution in [3.05, 3.63) is 35.4 Å². The Morgan fingerprint density at radius 2 is 1.61 bits per heavy atom. The quantitative estimate of drug-likeness (QED) is 0.212. The summed E-state index contributed by atoms with van der Waals surface area (Å²) in [6.45, 7) is 4.96. The van der Waals surface area contributed by atoms with Crippen LogP contribution in [0.1, 0.15) is 89.2 Å². The standard InChI is InChI=1S/C24H38O4/c1-3-5-6-7-8-9-10-11-12-13-18-28-23-16-14-21(19-22(23)20-25)15-17-24(26)27-4-2/h14-17,19,25H,3-13,18,20H2,1-2H3. The fourth-order valence-electron chi connectivity index (χ4n) is 3.09. The third-order valence-corrected chi connectivity index (χ3v) is 4.71. The lowest BCUT2D eigenvalue weighted by Gasteiger charge is -2.11. The van der Waals surface area contributed by atoms with Crippen LogP contribution in [0.3, 0.4) is 0 Å². The highest BCUT2D eigenvalue weighted by Crippen LogP contribution is 2.22. The van der Waals surface area contributed by atoms with E-state index in [9.17, 15) is 9.90 Å². The Labute approximate surface area is 170 Å². The molecule has 0 unspecified atom stereocenters. The number of carbonyl (C=O) groups is 1. The average Bonchev–Trinajstić information content (AvgIpc) is 2.71. The molecule has 1 aromatic rings. The smallest absolute Gasteiger partial charge is 0.330 e. The van der Waals surface area contributed by atoms with Gasteiger partial charge in [0.25, 0.3) is 0 Å². The molecule has 0 spiro atoms. The molecule has 1 aromatic carbocycles. The molecule has 0 aromatic heterocycles. The van der Waals surface area contributed by atoms with Gasteiger partial charge in [-0.15, -0.1) is 0 Å². The average molecular weight is 391 g/mol. The first-order chi connectivity index (χ1) is 13.7. The Kier molecular flexibility index (Phi) is 14.0. The highest BCUT2D eigenvalue weighted by atomic mass is 16.5. The van der Waals surface area contributed by atoms with Crippen molar-refractivity contribution in [1.29, 1.82) is 0 Å². The monoisotopic (exact) mass is 390 g/mol. The topological polar surface area (TPSA) is 55.8 Å². The molecule has 0 aliphatic heterocycles. The number of aliphatic hydroxyl groups is 1. The van der Waals surface area contributed by atoms with E-state index in [1.54, 1.807) is 13.0 Å². The van der Waals surface area contributed by atoms with Gasteiger partial charge in [0.05, 0.1) is 19.8 Å². The summed E-state index contributed by atoms with van der Waals surface area (Å²) in [4.78, 5) is 11.4. The minimum atomic E-state index is -0.366. The van der Waals surface area contributed by atoms with Crippen LogP contribution in [0.25, 0.3) is 6.08 Å². The van der Waals surface area contributed by atoms with E-state index >= 15 is 0 Å². The Balaban J connectivity index is 2.24. The number of carbonyl (C=O) groups excluding carboxylic acids is 1. The lowest BCUT2D eigenvalue weighted by Crippen LogP contribution is -2.01. The largest absolute Gasteiger partial charge is 0.493 e. The first-order valence-corrected chi connectivity index (χ1v) is 10.9. The zero-order chi connectivity index (χ0) is 20.5. The molecular formula is C24H38O4. The van der Waals surface area contributed by atoms with Gasteiger partial charge in [-0.05, 0) is 37.1 Å². The summed E-state index contributed by atoms with van der Waals surface area (Å²) >= 11 is 0. The van der Waals surface area contributed by atoms with E-state index in [2.05, 4.69) is 6.92 Å². The first kappa shape index (κ1) is 24.2. The van der Waals surface area contributed by atoms with Gasteiger partial charge in [-0.3, -0.25) is 0 Å². The number of benzene rings is 1. The molecule has 0 aliphatic carbocycles. The highest BCUT2D eigenvalue weighted by Gasteiger charge is 2.04. The number of rotatable bonds is 16. The van der Waals surface area contributed by atoms with E-state index < -0.39 is 0 Å². The van der Waals surface area contributed by atoms with Crippen molar-refractivity contribution in [3.8, 4) is 5.75 Å². The van der Waals surface area contributed by atoms with E-state index in [0.29, 0.717) is 19.0 Å². The van der Waals surface area contributed by atoms with Crippen LogP contribution >= 0.6 is 0 Å². The Morgan fingerprint density at radius 1 is 0.964 bits per heavy atom. The second kappa shape index (κ2) is 16.2. The first-order valence-electron chi connectivity index (χ1n) is 10.9. The summed E-state index contributed by atoms with van der Waals surface area (Å²) in [7, 11) is 0. The predicted octanol–water partition coefficient (Wildman–Crippen LogP) is 6.05. The van der Waals surface area contributed by atoms with Gasteiger partial charge in [-0.1, -0.05) is 70.8 Å². The Morgan fingerprint density at radius 3 is 2.21 bits per heavy atom. The van der Waals surface area contributed by atoms with Crippen LogP contribution in [0, 0.1) is 0 Å². The van der Waals surface area contributed by atoms with E-state index in [0.717, 1.165) is 17.5 Å². The molecule has 1 rings (SSSR count). The second-order valence-electron chi connectivity index (χ2n) is 7.14. The summed E-state index contributed by atoms with van der Waals surface area (Å²) in [6, 6.07) is 5.57. The van der Waals surface area contributed by atoms with Gasteiger partial charge in [0.15, 0.2) is 0 Å². The van der Waals surface area contributed by atoms with Crippen molar-refractivity contribution in [1.82, 2.24) is 0 Å². The molecule has 0 heterocycles. The molecule has 158 valence electrons. The van der Waals surface area contributed by atoms with Crippen LogP contribution in [0.2, 0.25) is 0 Å². The second-order valence-corrected chi connectivity index (χ2v) is 7.14. The maximum Gasteiger partial charge on any atom is 0.330 e. The number of esters is 1. The SMILES string of the molecule is CCCCCCCCCCCCOc1ccc(C=CC(=O)OCC)cc1CO. The van der Waals surface area contributed by atoms with Gasteiger partial charge in [-0.25, -0.2) is 4.79 Å². The molecule has 0 fully saturated rings. The normalized spacial score (nSPS) is 11.1. The molecule has 28 heavy (non-hydrogen) atoms. The molecule has 1 N–H and O–H groups in total. The van der Waals surface area contributed by atoms with E-state index in [1.807, 2.05) is 18.2 Å². The minimum absolute atomic E-state index is 0.0888. The van der Waals surface area contributed by atoms with Gasteiger partial charge in [0.1, 0.15) is 5.75 Å². The molecular weight excluding hydrogens is 352 g/mol. The number of hydrogen-bond donors (Lipinski definition) is 1. The van der Waals surface area contributed by atoms with Crippen LogP contribution in [0.5, 0.6) is 5.75 Å². The van der Waals surface area contributed by atoms with Crippen LogP contribution in [0.15, 0.2) is 24.3 Å². The molecule has 4 heteroatoms. The third-order valence-electron chi connectivity index (χ3n) is 4.71. The number of ether oxygens (including phenoxy) is 2. The van der Waals surface area contributed by atoms with Gasteiger partial charge < -0.3 is 14.6 Å². The fraction of sp³-hybridized carbons (Fsp3) is 0.625. The highest BCUT2D eigenvalue weighted by molar-refractivity contribution is 5.87. The lowest BCUT2D eigenvalue weighted by atomic mass is 10.1. The van der Waals surface area contributed by atoms with Crippen molar-refractivity contribution in [2.45, 2.75) is 84.7 Å². The maximum absolute atomic E-state index is 11.4. The molecule has 4 nitrogen and oxygen atoms in total. The van der Waals surface area contributed by atoms with Crippen molar-refractivity contribution >= 4 is 12.0 Å². The summed E-state index contributed by atoms with van der Waals surface area (Å²) in [5, 5.41) is 9.59. The molecule has 0 amide bonds. The van der Waals surface area contributed by atoms with E-state index in [1.165, 1.54) is 63.9 Å². The molecule has 0 saturated carbocycles. The van der Waals surface area contributed by atoms with Crippen molar-refractivity contribution < 1.29 is 19.4 Å². The molecule has 0 radical (unpaired) electrons. The van der Waals surface area contributed by atoms with Crippen LogP contribution in [-0.4, -0.2) is 24.3 Å². The third kappa shape index (κ3) is 11.1. The summed E-state index contributed by atoms with van der Waals surface area (Å²) in [5.74, 6) is 0.348. The van der Waals surface area contributed by atoms with Gasteiger partial charge >= 0.3 is 5.97 Å². The molecule has 0 bridgehead atoms. The number of aliphatic hydroxyl groups excluding tert-OH is 1. The number of hydrogen-bond acceptors (Lipinski definition) is 4. The van der Waals surface area contributed by atoms with Gasteiger partial charge in [0, 0.05) is 11.6 Å². The predicted molar refractivity (Wildman–Crippen MR) is 115 cm³/mol.